The van der Waals surface area contributed by atoms with Crippen molar-refractivity contribution in [3.05, 3.63) is 18.2 Å². The summed E-state index contributed by atoms with van der Waals surface area (Å²) in [7, 11) is 2.19. The van der Waals surface area contributed by atoms with Crippen LogP contribution in [0.5, 0.6) is 0 Å². The van der Waals surface area contributed by atoms with Crippen molar-refractivity contribution in [3.63, 3.8) is 0 Å². The van der Waals surface area contributed by atoms with Gasteiger partial charge in [-0.25, -0.2) is 0 Å². The molecule has 2 aromatic rings. The molecule has 1 aromatic carbocycles. The first kappa shape index (κ1) is 11.7. The van der Waals surface area contributed by atoms with E-state index in [9.17, 15) is 0 Å². The first-order chi connectivity index (χ1) is 8.22. The predicted molar refractivity (Wildman–Crippen MR) is 74.7 cm³/mol. The van der Waals surface area contributed by atoms with Crippen LogP contribution in [0.2, 0.25) is 0 Å². The molecule has 0 unspecified atom stereocenters. The van der Waals surface area contributed by atoms with Gasteiger partial charge in [0.25, 0.3) is 0 Å². The van der Waals surface area contributed by atoms with Crippen LogP contribution in [-0.2, 0) is 0 Å². The molecule has 0 atom stereocenters. The van der Waals surface area contributed by atoms with Gasteiger partial charge in [0.2, 0.25) is 0 Å². The summed E-state index contributed by atoms with van der Waals surface area (Å²) in [5.41, 5.74) is 2.50. The minimum absolute atomic E-state index is 1.13. The number of aromatic nitrogens is 1. The number of hydrogen-bond acceptors (Lipinski definition) is 4. The summed E-state index contributed by atoms with van der Waals surface area (Å²) in [5.74, 6) is 0. The Morgan fingerprint density at radius 2 is 2.00 bits per heavy atom. The van der Waals surface area contributed by atoms with Crippen LogP contribution in [0.25, 0.3) is 10.2 Å². The maximum atomic E-state index is 4.54. The summed E-state index contributed by atoms with van der Waals surface area (Å²) >= 11 is 3.23. The molecule has 3 radical (unpaired) electrons. The molecule has 0 bridgehead atoms. The van der Waals surface area contributed by atoms with E-state index in [4.69, 9.17) is 0 Å². The maximum absolute atomic E-state index is 4.54. The Hall–Kier alpha value is -0.331. The van der Waals surface area contributed by atoms with Gasteiger partial charge in [-0.1, -0.05) is 0 Å². The van der Waals surface area contributed by atoms with Crippen molar-refractivity contribution in [2.75, 3.05) is 38.1 Å². The van der Waals surface area contributed by atoms with Crippen LogP contribution in [0.3, 0.4) is 0 Å². The Morgan fingerprint density at radius 3 is 2.76 bits per heavy atom. The molecule has 1 aromatic heterocycles. The molecule has 1 aliphatic rings. The number of thiazole rings is 1. The van der Waals surface area contributed by atoms with Crippen LogP contribution in [0.15, 0.2) is 18.2 Å². The molecule has 0 aliphatic carbocycles. The van der Waals surface area contributed by atoms with Gasteiger partial charge in [-0.3, -0.25) is 0 Å². The summed E-state index contributed by atoms with van der Waals surface area (Å²) in [6, 6.07) is 6.67. The van der Waals surface area contributed by atoms with E-state index < -0.39 is 0 Å². The predicted octanol–water partition coefficient (Wildman–Crippen LogP) is 0.842. The van der Waals surface area contributed by atoms with Gasteiger partial charge < -0.3 is 0 Å². The molecule has 0 amide bonds. The van der Waals surface area contributed by atoms with Crippen molar-refractivity contribution >= 4 is 52.8 Å². The number of benzene rings is 1. The van der Waals surface area contributed by atoms with Crippen molar-refractivity contribution in [2.45, 2.75) is 0 Å². The summed E-state index contributed by atoms with van der Waals surface area (Å²) in [6.45, 7) is 4.57. The molecule has 1 aliphatic heterocycles. The van der Waals surface area contributed by atoms with Crippen molar-refractivity contribution in [3.8, 4) is 0 Å². The summed E-state index contributed by atoms with van der Waals surface area (Å²) < 4.78 is 2.57. The molecule has 2 heterocycles. The molecule has 1 saturated heterocycles. The first-order valence-electron chi connectivity index (χ1n) is 5.78. The molecule has 0 N–H and O–H groups in total. The zero-order valence-corrected chi connectivity index (χ0v) is 13.5. The van der Waals surface area contributed by atoms with Gasteiger partial charge in [-0.2, -0.15) is 0 Å². The van der Waals surface area contributed by atoms with E-state index in [0.717, 1.165) is 31.7 Å². The van der Waals surface area contributed by atoms with Gasteiger partial charge >= 0.3 is 119 Å². The average molecular weight is 351 g/mol. The van der Waals surface area contributed by atoms with Crippen molar-refractivity contribution in [1.82, 2.24) is 9.88 Å². The number of piperazine rings is 1. The fourth-order valence-electron chi connectivity index (χ4n) is 2.17. The van der Waals surface area contributed by atoms with E-state index in [2.05, 4.69) is 40.0 Å². The topological polar surface area (TPSA) is 19.4 Å². The second kappa shape index (κ2) is 4.74. The normalized spacial score (nSPS) is 17.9. The summed E-state index contributed by atoms with van der Waals surface area (Å²) in [6.07, 6.45) is 0. The van der Waals surface area contributed by atoms with E-state index in [1.54, 1.807) is 0 Å². The second-order valence-electron chi connectivity index (χ2n) is 4.46. The molecular weight excluding hydrogens is 337 g/mol. The van der Waals surface area contributed by atoms with E-state index in [-0.39, 0.29) is 0 Å². The molecule has 3 rings (SSSR count). The fraction of sp³-hybridized carbons (Fsp3) is 0.417. The molecule has 5 heteroatoms. The SMILES string of the molecule is CN1CCN(c2ccc3n[c]([Sn])sc3c2)CC1. The Balaban J connectivity index is 1.89. The molecule has 0 saturated carbocycles. The van der Waals surface area contributed by atoms with Gasteiger partial charge in [0.15, 0.2) is 0 Å². The fourth-order valence-corrected chi connectivity index (χ4v) is 4.21. The van der Waals surface area contributed by atoms with Crippen LogP contribution < -0.4 is 7.92 Å². The quantitative estimate of drug-likeness (QED) is 0.710. The van der Waals surface area contributed by atoms with Crippen LogP contribution in [0.4, 0.5) is 5.69 Å². The van der Waals surface area contributed by atoms with Crippen LogP contribution in [0, 0.1) is 0 Å². The number of anilines is 1. The van der Waals surface area contributed by atoms with Crippen LogP contribution in [0.1, 0.15) is 0 Å². The number of hydrogen-bond donors (Lipinski definition) is 0. The Labute approximate surface area is 119 Å². The minimum atomic E-state index is 1.13. The van der Waals surface area contributed by atoms with E-state index in [0.29, 0.717) is 0 Å². The Morgan fingerprint density at radius 1 is 1.24 bits per heavy atom. The number of nitrogens with zero attached hydrogens (tertiary/aromatic N) is 3. The number of fused-ring (bicyclic) bond motifs is 1. The van der Waals surface area contributed by atoms with Crippen LogP contribution >= 0.6 is 11.3 Å². The van der Waals surface area contributed by atoms with Crippen molar-refractivity contribution in [1.29, 1.82) is 0 Å². The van der Waals surface area contributed by atoms with E-state index in [1.807, 2.05) is 11.3 Å². The molecule has 87 valence electrons. The zero-order valence-electron chi connectivity index (χ0n) is 9.81. The van der Waals surface area contributed by atoms with E-state index in [1.165, 1.54) is 35.9 Å². The van der Waals surface area contributed by atoms with Crippen molar-refractivity contribution < 1.29 is 0 Å². The van der Waals surface area contributed by atoms with Gasteiger partial charge in [-0.15, -0.1) is 0 Å². The summed E-state index contributed by atoms with van der Waals surface area (Å²) in [4.78, 5) is 9.40. The monoisotopic (exact) mass is 352 g/mol. The molecule has 17 heavy (non-hydrogen) atoms. The van der Waals surface area contributed by atoms with E-state index >= 15 is 0 Å². The Bertz CT molecular complexity index is 532. The molecule has 1 fully saturated rings. The third-order valence-corrected chi connectivity index (χ3v) is 5.26. The summed E-state index contributed by atoms with van der Waals surface area (Å²) in [5, 5.41) is 0. The standard InChI is InChI=1S/C12H14N3S.Sn/c1-14-4-6-15(7-5-14)10-2-3-11-12(8-10)16-9-13-11;/h2-3,8H,4-7H2,1H3;. The average Bonchev–Trinajstić information content (AvgIpc) is 2.69. The molecule has 0 spiro atoms. The van der Waals surface area contributed by atoms with Crippen molar-refractivity contribution in [2.24, 2.45) is 0 Å². The van der Waals surface area contributed by atoms with Gasteiger partial charge in [0.1, 0.15) is 0 Å². The molecule has 3 nitrogen and oxygen atoms in total. The number of likely N-dealkylation sites (N-methyl/N-ethyl adjacent to an activating group) is 1. The van der Waals surface area contributed by atoms with Gasteiger partial charge in [-0.05, 0) is 0 Å². The second-order valence-corrected chi connectivity index (χ2v) is 7.88. The molecular formula is C12H14N3SSn. The number of rotatable bonds is 1. The van der Waals surface area contributed by atoms with Gasteiger partial charge in [0, 0.05) is 0 Å². The third kappa shape index (κ3) is 2.44. The third-order valence-electron chi connectivity index (χ3n) is 3.24. The Kier molecular flexibility index (Phi) is 3.27. The van der Waals surface area contributed by atoms with Gasteiger partial charge in [0.05, 0.1) is 0 Å². The van der Waals surface area contributed by atoms with Crippen LogP contribution in [-0.4, -0.2) is 65.6 Å². The zero-order chi connectivity index (χ0) is 11.8. The first-order valence-corrected chi connectivity index (χ1v) is 8.02.